The molecule has 16 heavy (non-hydrogen) atoms. The predicted molar refractivity (Wildman–Crippen MR) is 56.4 cm³/mol. The average Bonchev–Trinajstić information content (AvgIpc) is 2.28. The highest BCUT2D eigenvalue weighted by Crippen LogP contribution is 2.11. The van der Waals surface area contributed by atoms with Crippen LogP contribution in [-0.4, -0.2) is 26.2 Å². The highest BCUT2D eigenvalue weighted by atomic mass is 19.1. The van der Waals surface area contributed by atoms with Crippen LogP contribution in [0.5, 0.6) is 0 Å². The summed E-state index contributed by atoms with van der Waals surface area (Å²) in [6.07, 6.45) is 0. The van der Waals surface area contributed by atoms with E-state index in [4.69, 9.17) is 9.57 Å². The van der Waals surface area contributed by atoms with Gasteiger partial charge in [-0.15, -0.1) is 0 Å². The number of carbonyl (C=O) groups is 1. The van der Waals surface area contributed by atoms with E-state index in [9.17, 15) is 9.18 Å². The van der Waals surface area contributed by atoms with Gasteiger partial charge in [0.2, 0.25) is 0 Å². The smallest absolute Gasteiger partial charge is 0.277 e. The van der Waals surface area contributed by atoms with E-state index in [1.54, 1.807) is 19.1 Å². The van der Waals surface area contributed by atoms with Gasteiger partial charge in [-0.05, 0) is 18.6 Å². The lowest BCUT2D eigenvalue weighted by molar-refractivity contribution is 0.00864. The number of hydrogen-bond donors (Lipinski definition) is 1. The van der Waals surface area contributed by atoms with Crippen molar-refractivity contribution in [3.63, 3.8) is 0 Å². The standard InChI is InChI=1S/C11H14FNO3/c1-8-4-3-5-9(10(8)12)11(14)13-16-7-6-15-2/h3-5H,6-7H2,1-2H3,(H,13,14). The molecule has 0 atom stereocenters. The fourth-order valence-electron chi connectivity index (χ4n) is 1.12. The van der Waals surface area contributed by atoms with Crippen molar-refractivity contribution in [3.8, 4) is 0 Å². The number of benzene rings is 1. The highest BCUT2D eigenvalue weighted by molar-refractivity contribution is 5.93. The fourth-order valence-corrected chi connectivity index (χ4v) is 1.12. The van der Waals surface area contributed by atoms with Crippen LogP contribution in [0.25, 0.3) is 0 Å². The van der Waals surface area contributed by atoms with Crippen LogP contribution >= 0.6 is 0 Å². The number of ether oxygens (including phenoxy) is 1. The Morgan fingerprint density at radius 3 is 2.88 bits per heavy atom. The maximum absolute atomic E-state index is 13.5. The molecule has 1 aromatic rings. The molecule has 0 spiro atoms. The molecule has 0 saturated carbocycles. The Bertz CT molecular complexity index is 368. The van der Waals surface area contributed by atoms with Crippen molar-refractivity contribution in [2.24, 2.45) is 0 Å². The van der Waals surface area contributed by atoms with Crippen LogP contribution in [0.15, 0.2) is 18.2 Å². The van der Waals surface area contributed by atoms with Crippen LogP contribution in [0.4, 0.5) is 4.39 Å². The SMILES string of the molecule is COCCONC(=O)c1cccc(C)c1F. The molecule has 0 fully saturated rings. The Balaban J connectivity index is 2.56. The largest absolute Gasteiger partial charge is 0.382 e. The third-order valence-electron chi connectivity index (χ3n) is 1.99. The first-order valence-electron chi connectivity index (χ1n) is 4.83. The maximum atomic E-state index is 13.5. The first-order chi connectivity index (χ1) is 7.66. The molecule has 0 radical (unpaired) electrons. The summed E-state index contributed by atoms with van der Waals surface area (Å²) >= 11 is 0. The van der Waals surface area contributed by atoms with Gasteiger partial charge in [0.25, 0.3) is 5.91 Å². The Labute approximate surface area is 93.3 Å². The van der Waals surface area contributed by atoms with Crippen molar-refractivity contribution in [3.05, 3.63) is 35.1 Å². The summed E-state index contributed by atoms with van der Waals surface area (Å²) in [4.78, 5) is 16.3. The van der Waals surface area contributed by atoms with Gasteiger partial charge < -0.3 is 4.74 Å². The first kappa shape index (κ1) is 12.6. The zero-order valence-corrected chi connectivity index (χ0v) is 9.25. The molecule has 88 valence electrons. The minimum Gasteiger partial charge on any atom is -0.382 e. The Kier molecular flexibility index (Phi) is 4.88. The third kappa shape index (κ3) is 3.29. The van der Waals surface area contributed by atoms with E-state index in [0.29, 0.717) is 12.2 Å². The normalized spacial score (nSPS) is 10.2. The second-order valence-electron chi connectivity index (χ2n) is 3.21. The number of halogens is 1. The number of hydroxylamine groups is 1. The molecule has 0 aromatic heterocycles. The minimum absolute atomic E-state index is 0.0302. The zero-order valence-electron chi connectivity index (χ0n) is 9.25. The van der Waals surface area contributed by atoms with Gasteiger partial charge in [0.1, 0.15) is 5.82 Å². The van der Waals surface area contributed by atoms with Gasteiger partial charge in [0.15, 0.2) is 0 Å². The van der Waals surface area contributed by atoms with Crippen LogP contribution in [0, 0.1) is 12.7 Å². The summed E-state index contributed by atoms with van der Waals surface area (Å²) in [5.41, 5.74) is 2.53. The molecule has 0 heterocycles. The van der Waals surface area contributed by atoms with Gasteiger partial charge in [-0.2, -0.15) is 0 Å². The number of rotatable bonds is 5. The molecule has 0 unspecified atom stereocenters. The van der Waals surface area contributed by atoms with Crippen molar-refractivity contribution >= 4 is 5.91 Å². The molecule has 5 heteroatoms. The lowest BCUT2D eigenvalue weighted by Gasteiger charge is -2.07. The molecule has 0 aliphatic rings. The number of amides is 1. The van der Waals surface area contributed by atoms with E-state index >= 15 is 0 Å². The van der Waals surface area contributed by atoms with E-state index in [1.807, 2.05) is 0 Å². The van der Waals surface area contributed by atoms with Crippen LogP contribution in [-0.2, 0) is 9.57 Å². The van der Waals surface area contributed by atoms with Crippen molar-refractivity contribution in [2.75, 3.05) is 20.3 Å². The molecule has 4 nitrogen and oxygen atoms in total. The summed E-state index contributed by atoms with van der Waals surface area (Å²) in [7, 11) is 1.52. The van der Waals surface area contributed by atoms with Gasteiger partial charge in [-0.3, -0.25) is 9.63 Å². The van der Waals surface area contributed by atoms with Gasteiger partial charge in [0, 0.05) is 7.11 Å². The highest BCUT2D eigenvalue weighted by Gasteiger charge is 2.12. The van der Waals surface area contributed by atoms with Crippen LogP contribution in [0.2, 0.25) is 0 Å². The Morgan fingerprint density at radius 2 is 2.19 bits per heavy atom. The fraction of sp³-hybridized carbons (Fsp3) is 0.364. The van der Waals surface area contributed by atoms with Crippen molar-refractivity contribution < 1.29 is 18.8 Å². The van der Waals surface area contributed by atoms with Crippen molar-refractivity contribution in [2.45, 2.75) is 6.92 Å². The lowest BCUT2D eigenvalue weighted by Crippen LogP contribution is -2.26. The summed E-state index contributed by atoms with van der Waals surface area (Å²) in [6.45, 7) is 2.17. The molecule has 1 aromatic carbocycles. The van der Waals surface area contributed by atoms with Gasteiger partial charge in [-0.1, -0.05) is 12.1 Å². The van der Waals surface area contributed by atoms with Crippen LogP contribution in [0.1, 0.15) is 15.9 Å². The summed E-state index contributed by atoms with van der Waals surface area (Å²) in [5, 5.41) is 0. The number of methoxy groups -OCH3 is 1. The summed E-state index contributed by atoms with van der Waals surface area (Å²) in [6, 6.07) is 4.61. The van der Waals surface area contributed by atoms with Gasteiger partial charge in [0.05, 0.1) is 18.8 Å². The molecular formula is C11H14FNO3. The summed E-state index contributed by atoms with van der Waals surface area (Å²) < 4.78 is 18.2. The third-order valence-corrected chi connectivity index (χ3v) is 1.99. The van der Waals surface area contributed by atoms with E-state index in [-0.39, 0.29) is 12.2 Å². The molecular weight excluding hydrogens is 213 g/mol. The van der Waals surface area contributed by atoms with Crippen LogP contribution in [0.3, 0.4) is 0 Å². The Morgan fingerprint density at radius 1 is 1.44 bits per heavy atom. The van der Waals surface area contributed by atoms with Crippen LogP contribution < -0.4 is 5.48 Å². The number of hydrogen-bond acceptors (Lipinski definition) is 3. The second kappa shape index (κ2) is 6.19. The number of carbonyl (C=O) groups excluding carboxylic acids is 1. The molecule has 1 amide bonds. The average molecular weight is 227 g/mol. The van der Waals surface area contributed by atoms with Crippen molar-refractivity contribution in [1.82, 2.24) is 5.48 Å². The second-order valence-corrected chi connectivity index (χ2v) is 3.21. The van der Waals surface area contributed by atoms with E-state index in [2.05, 4.69) is 5.48 Å². The summed E-state index contributed by atoms with van der Waals surface area (Å²) in [5.74, 6) is -1.13. The number of nitrogens with one attached hydrogen (secondary N) is 1. The minimum atomic E-state index is -0.600. The first-order valence-corrected chi connectivity index (χ1v) is 4.83. The Hall–Kier alpha value is -1.46. The molecule has 0 aliphatic heterocycles. The zero-order chi connectivity index (χ0) is 12.0. The molecule has 0 aliphatic carbocycles. The van der Waals surface area contributed by atoms with E-state index < -0.39 is 11.7 Å². The van der Waals surface area contributed by atoms with Crippen molar-refractivity contribution in [1.29, 1.82) is 0 Å². The quantitative estimate of drug-likeness (QED) is 0.611. The molecule has 1 rings (SSSR count). The number of aryl methyl sites for hydroxylation is 1. The topological polar surface area (TPSA) is 47.6 Å². The van der Waals surface area contributed by atoms with E-state index in [0.717, 1.165) is 0 Å². The van der Waals surface area contributed by atoms with Gasteiger partial charge >= 0.3 is 0 Å². The van der Waals surface area contributed by atoms with E-state index in [1.165, 1.54) is 13.2 Å². The maximum Gasteiger partial charge on any atom is 0.277 e. The van der Waals surface area contributed by atoms with Gasteiger partial charge in [-0.25, -0.2) is 9.87 Å². The lowest BCUT2D eigenvalue weighted by atomic mass is 10.1. The molecule has 0 saturated heterocycles. The predicted octanol–water partition coefficient (Wildman–Crippen LogP) is 1.44. The molecule has 1 N–H and O–H groups in total. The molecule has 0 bridgehead atoms. The monoisotopic (exact) mass is 227 g/mol.